The van der Waals surface area contributed by atoms with Crippen LogP contribution in [0.4, 0.5) is 0 Å². The molecule has 0 fully saturated rings. The van der Waals surface area contributed by atoms with E-state index in [0.717, 1.165) is 11.3 Å². The minimum atomic E-state index is 0.0257. The number of rotatable bonds is 4. The van der Waals surface area contributed by atoms with Crippen molar-refractivity contribution in [2.45, 2.75) is 19.3 Å². The smallest absolute Gasteiger partial charge is 0.119 e. The molecular weight excluding hydrogens is 163 g/mol. The molecule has 1 atom stereocenters. The summed E-state index contributed by atoms with van der Waals surface area (Å²) in [7, 11) is 5.54. The Balaban J connectivity index is 2.56. The van der Waals surface area contributed by atoms with Crippen LogP contribution in [0.25, 0.3) is 0 Å². The molecule has 1 N–H and O–H groups in total. The fourth-order valence-electron chi connectivity index (χ4n) is 0.961. The van der Waals surface area contributed by atoms with Crippen molar-refractivity contribution in [1.82, 2.24) is 0 Å². The van der Waals surface area contributed by atoms with Crippen molar-refractivity contribution in [3.8, 4) is 5.75 Å². The van der Waals surface area contributed by atoms with Crippen LogP contribution in [-0.4, -0.2) is 19.6 Å². The molecule has 3 heteroatoms. The lowest BCUT2D eigenvalue weighted by atomic mass is 9.91. The standard InChI is InChI=1S/C10H13BO2/c1-8(11)7-13-10-4-2-3-9(5-10)6-12/h2-5,8,12H,6-7H2,1H3. The van der Waals surface area contributed by atoms with Gasteiger partial charge in [0.25, 0.3) is 0 Å². The topological polar surface area (TPSA) is 29.5 Å². The SMILES string of the molecule is [B]C(C)COc1cccc(CO)c1. The highest BCUT2D eigenvalue weighted by Gasteiger charge is 1.97. The number of hydrogen-bond donors (Lipinski definition) is 1. The quantitative estimate of drug-likeness (QED) is 0.705. The summed E-state index contributed by atoms with van der Waals surface area (Å²) in [4.78, 5) is 0. The van der Waals surface area contributed by atoms with Gasteiger partial charge in [0.1, 0.15) is 5.75 Å². The lowest BCUT2D eigenvalue weighted by molar-refractivity contribution is 0.279. The summed E-state index contributed by atoms with van der Waals surface area (Å²) in [5.41, 5.74) is 0.849. The Kier molecular flexibility index (Phi) is 3.84. The maximum atomic E-state index is 8.86. The first kappa shape index (κ1) is 10.1. The van der Waals surface area contributed by atoms with Crippen molar-refractivity contribution in [3.05, 3.63) is 29.8 Å². The Morgan fingerprint density at radius 3 is 2.92 bits per heavy atom. The van der Waals surface area contributed by atoms with Crippen LogP contribution in [-0.2, 0) is 6.61 Å². The largest absolute Gasteiger partial charge is 0.494 e. The molecule has 1 rings (SSSR count). The van der Waals surface area contributed by atoms with E-state index < -0.39 is 0 Å². The zero-order chi connectivity index (χ0) is 9.68. The van der Waals surface area contributed by atoms with Gasteiger partial charge in [-0.3, -0.25) is 0 Å². The average Bonchev–Trinajstić information content (AvgIpc) is 2.15. The van der Waals surface area contributed by atoms with Crippen molar-refractivity contribution in [2.24, 2.45) is 0 Å². The first-order chi connectivity index (χ1) is 6.22. The maximum Gasteiger partial charge on any atom is 0.119 e. The summed E-state index contributed by atoms with van der Waals surface area (Å²) in [6.07, 6.45) is 0. The van der Waals surface area contributed by atoms with E-state index in [1.165, 1.54) is 0 Å². The predicted molar refractivity (Wildman–Crippen MR) is 53.0 cm³/mol. The number of aliphatic hydroxyl groups is 1. The van der Waals surface area contributed by atoms with Gasteiger partial charge < -0.3 is 9.84 Å². The molecule has 0 saturated carbocycles. The predicted octanol–water partition coefficient (Wildman–Crippen LogP) is 1.53. The Labute approximate surface area is 80.0 Å². The Morgan fingerprint density at radius 2 is 2.31 bits per heavy atom. The molecule has 0 aliphatic rings. The van der Waals surface area contributed by atoms with Crippen LogP contribution in [0.3, 0.4) is 0 Å². The molecule has 1 aromatic rings. The first-order valence-corrected chi connectivity index (χ1v) is 4.30. The Morgan fingerprint density at radius 1 is 1.54 bits per heavy atom. The van der Waals surface area contributed by atoms with Crippen LogP contribution in [0.5, 0.6) is 5.75 Å². The van der Waals surface area contributed by atoms with Crippen molar-refractivity contribution >= 4 is 7.85 Å². The molecule has 2 nitrogen and oxygen atoms in total. The van der Waals surface area contributed by atoms with Crippen LogP contribution in [0.15, 0.2) is 24.3 Å². The Bertz CT molecular complexity index is 261. The zero-order valence-electron chi connectivity index (χ0n) is 7.73. The molecule has 13 heavy (non-hydrogen) atoms. The van der Waals surface area contributed by atoms with E-state index in [0.29, 0.717) is 6.61 Å². The molecule has 0 bridgehead atoms. The number of aliphatic hydroxyl groups excluding tert-OH is 1. The molecule has 0 amide bonds. The molecule has 0 aliphatic heterocycles. The maximum absolute atomic E-state index is 8.86. The number of benzene rings is 1. The van der Waals surface area contributed by atoms with Crippen LogP contribution in [0.2, 0.25) is 5.82 Å². The van der Waals surface area contributed by atoms with Crippen molar-refractivity contribution in [1.29, 1.82) is 0 Å². The zero-order valence-corrected chi connectivity index (χ0v) is 7.73. The summed E-state index contributed by atoms with van der Waals surface area (Å²) in [6, 6.07) is 7.35. The third-order valence-corrected chi connectivity index (χ3v) is 1.59. The molecule has 68 valence electrons. The second kappa shape index (κ2) is 4.92. The monoisotopic (exact) mass is 176 g/mol. The third kappa shape index (κ3) is 3.51. The van der Waals surface area contributed by atoms with Crippen LogP contribution in [0, 0.1) is 0 Å². The van der Waals surface area contributed by atoms with Crippen LogP contribution >= 0.6 is 0 Å². The van der Waals surface area contributed by atoms with E-state index in [1.807, 2.05) is 31.2 Å². The first-order valence-electron chi connectivity index (χ1n) is 4.30. The van der Waals surface area contributed by atoms with Crippen LogP contribution in [0.1, 0.15) is 12.5 Å². The molecule has 2 radical (unpaired) electrons. The van der Waals surface area contributed by atoms with E-state index >= 15 is 0 Å². The molecular formula is C10H13BO2. The summed E-state index contributed by atoms with van der Waals surface area (Å²) < 4.78 is 5.37. The fourth-order valence-corrected chi connectivity index (χ4v) is 0.961. The number of ether oxygens (including phenoxy) is 1. The Hall–Kier alpha value is -0.955. The second-order valence-corrected chi connectivity index (χ2v) is 3.09. The molecule has 0 heterocycles. The second-order valence-electron chi connectivity index (χ2n) is 3.09. The highest BCUT2D eigenvalue weighted by molar-refractivity contribution is 6.11. The van der Waals surface area contributed by atoms with Crippen molar-refractivity contribution in [3.63, 3.8) is 0 Å². The summed E-state index contributed by atoms with van der Waals surface area (Å²) >= 11 is 0. The van der Waals surface area contributed by atoms with E-state index in [9.17, 15) is 0 Å². The molecule has 1 aromatic carbocycles. The number of hydrogen-bond acceptors (Lipinski definition) is 2. The fraction of sp³-hybridized carbons (Fsp3) is 0.400. The van der Waals surface area contributed by atoms with Gasteiger partial charge in [-0.15, -0.1) is 0 Å². The normalized spacial score (nSPS) is 12.5. The molecule has 1 unspecified atom stereocenters. The van der Waals surface area contributed by atoms with E-state index in [4.69, 9.17) is 17.7 Å². The van der Waals surface area contributed by atoms with Gasteiger partial charge in [0, 0.05) is 0 Å². The molecule has 0 spiro atoms. The lowest BCUT2D eigenvalue weighted by Crippen LogP contribution is -2.03. The lowest BCUT2D eigenvalue weighted by Gasteiger charge is -2.09. The summed E-state index contributed by atoms with van der Waals surface area (Å²) in [6.45, 7) is 2.42. The molecule has 0 saturated heterocycles. The van der Waals surface area contributed by atoms with E-state index in [-0.39, 0.29) is 12.4 Å². The van der Waals surface area contributed by atoms with E-state index in [1.54, 1.807) is 0 Å². The van der Waals surface area contributed by atoms with Gasteiger partial charge in [-0.05, 0) is 23.5 Å². The van der Waals surface area contributed by atoms with Gasteiger partial charge in [0.2, 0.25) is 0 Å². The minimum absolute atomic E-state index is 0.0257. The molecule has 0 aliphatic carbocycles. The van der Waals surface area contributed by atoms with Gasteiger partial charge >= 0.3 is 0 Å². The van der Waals surface area contributed by atoms with Crippen LogP contribution < -0.4 is 4.74 Å². The van der Waals surface area contributed by atoms with Gasteiger partial charge in [-0.25, -0.2) is 0 Å². The highest BCUT2D eigenvalue weighted by Crippen LogP contribution is 2.14. The highest BCUT2D eigenvalue weighted by atomic mass is 16.5. The van der Waals surface area contributed by atoms with Gasteiger partial charge in [0.05, 0.1) is 21.1 Å². The summed E-state index contributed by atoms with van der Waals surface area (Å²) in [5.74, 6) is 0.779. The van der Waals surface area contributed by atoms with E-state index in [2.05, 4.69) is 0 Å². The average molecular weight is 176 g/mol. The third-order valence-electron chi connectivity index (χ3n) is 1.59. The summed E-state index contributed by atoms with van der Waals surface area (Å²) in [5, 5.41) is 8.86. The van der Waals surface area contributed by atoms with Crippen molar-refractivity contribution < 1.29 is 9.84 Å². The minimum Gasteiger partial charge on any atom is -0.494 e. The van der Waals surface area contributed by atoms with Gasteiger partial charge in [-0.1, -0.05) is 19.1 Å². The van der Waals surface area contributed by atoms with Crippen molar-refractivity contribution in [2.75, 3.05) is 6.61 Å². The van der Waals surface area contributed by atoms with Gasteiger partial charge in [0.15, 0.2) is 0 Å². The van der Waals surface area contributed by atoms with Gasteiger partial charge in [-0.2, -0.15) is 0 Å². The molecule has 0 aromatic heterocycles.